The number of hydrogen-bond acceptors (Lipinski definition) is 3. The maximum absolute atomic E-state index is 14.3. The van der Waals surface area contributed by atoms with E-state index in [0.717, 1.165) is 24.1 Å². The number of carbonyl (C=O) groups excluding carboxylic acids is 1. The molecular formula is C19H26FNO2S. The number of nitrogens with zero attached hydrogens (tertiary/aromatic N) is 1. The van der Waals surface area contributed by atoms with Gasteiger partial charge in [-0.3, -0.25) is 4.79 Å². The fourth-order valence-corrected chi connectivity index (χ4v) is 4.17. The summed E-state index contributed by atoms with van der Waals surface area (Å²) < 4.78 is 20.3. The van der Waals surface area contributed by atoms with E-state index in [9.17, 15) is 9.18 Å². The molecule has 1 aromatic carbocycles. The van der Waals surface area contributed by atoms with Crippen molar-refractivity contribution in [1.82, 2.24) is 4.90 Å². The van der Waals surface area contributed by atoms with Crippen LogP contribution in [0.2, 0.25) is 0 Å². The maximum Gasteiger partial charge on any atom is 0.264 e. The average molecular weight is 351 g/mol. The fraction of sp³-hybridized carbons (Fsp3) is 0.526. The molecule has 1 amide bonds. The van der Waals surface area contributed by atoms with Crippen molar-refractivity contribution in [2.75, 3.05) is 20.2 Å². The van der Waals surface area contributed by atoms with Crippen molar-refractivity contribution >= 4 is 27.3 Å². The first-order valence-corrected chi connectivity index (χ1v) is 9.36. The van der Waals surface area contributed by atoms with E-state index in [1.54, 1.807) is 13.2 Å². The Balaban J connectivity index is 2.44. The van der Waals surface area contributed by atoms with Crippen LogP contribution in [0.1, 0.15) is 48.8 Å². The highest BCUT2D eigenvalue weighted by molar-refractivity contribution is 7.21. The van der Waals surface area contributed by atoms with Gasteiger partial charge in [0.25, 0.3) is 5.91 Å². The number of methoxy groups -OCH3 is 1. The predicted octanol–water partition coefficient (Wildman–Crippen LogP) is 5.09. The molecule has 132 valence electrons. The molecule has 2 rings (SSSR count). The van der Waals surface area contributed by atoms with E-state index >= 15 is 0 Å². The summed E-state index contributed by atoms with van der Waals surface area (Å²) in [6.07, 6.45) is 2.10. The minimum atomic E-state index is -0.294. The minimum Gasteiger partial charge on any atom is -0.380 e. The maximum atomic E-state index is 14.3. The number of hydrogen-bond donors (Lipinski definition) is 0. The van der Waals surface area contributed by atoms with Gasteiger partial charge < -0.3 is 9.64 Å². The lowest BCUT2D eigenvalue weighted by molar-refractivity contribution is 0.0735. The molecule has 3 nitrogen and oxygen atoms in total. The van der Waals surface area contributed by atoms with Gasteiger partial charge in [-0.2, -0.15) is 0 Å². The van der Waals surface area contributed by atoms with Gasteiger partial charge in [0, 0.05) is 35.8 Å². The molecule has 0 aliphatic carbocycles. The van der Waals surface area contributed by atoms with Gasteiger partial charge in [-0.15, -0.1) is 11.3 Å². The first kappa shape index (κ1) is 18.9. The van der Waals surface area contributed by atoms with Crippen LogP contribution in [0.3, 0.4) is 0 Å². The smallest absolute Gasteiger partial charge is 0.264 e. The van der Waals surface area contributed by atoms with Crippen molar-refractivity contribution in [2.45, 2.75) is 40.2 Å². The third-order valence-corrected chi connectivity index (χ3v) is 5.73. The molecule has 0 N–H and O–H groups in total. The summed E-state index contributed by atoms with van der Waals surface area (Å²) in [7, 11) is 1.57. The Morgan fingerprint density at radius 1 is 1.29 bits per heavy atom. The molecule has 0 bridgehead atoms. The molecule has 0 saturated carbocycles. The summed E-state index contributed by atoms with van der Waals surface area (Å²) in [6, 6.07) is 4.97. The third kappa shape index (κ3) is 3.78. The number of amides is 1. The number of halogens is 1. The lowest BCUT2D eigenvalue weighted by Gasteiger charge is -2.25. The van der Waals surface area contributed by atoms with Crippen LogP contribution in [0.15, 0.2) is 18.2 Å². The second kappa shape index (κ2) is 8.58. The zero-order valence-corrected chi connectivity index (χ0v) is 15.7. The van der Waals surface area contributed by atoms with Gasteiger partial charge in [0.05, 0.1) is 11.5 Å². The molecule has 1 heterocycles. The highest BCUT2D eigenvalue weighted by atomic mass is 32.1. The van der Waals surface area contributed by atoms with Crippen molar-refractivity contribution in [1.29, 1.82) is 0 Å². The van der Waals surface area contributed by atoms with Gasteiger partial charge in [0.1, 0.15) is 5.82 Å². The van der Waals surface area contributed by atoms with E-state index in [2.05, 4.69) is 13.8 Å². The van der Waals surface area contributed by atoms with Crippen LogP contribution in [-0.2, 0) is 11.3 Å². The second-order valence-corrected chi connectivity index (χ2v) is 7.03. The number of thiophene rings is 1. The quantitative estimate of drug-likeness (QED) is 0.663. The lowest BCUT2D eigenvalue weighted by Crippen LogP contribution is -2.35. The standard InChI is InChI=1S/C19H26FNO2S/c1-5-13(6-2)11-21(7-3)19(22)18-14(12-23-4)17-15(20)9-8-10-16(17)24-18/h8-10,13H,5-7,11-12H2,1-4H3. The fourth-order valence-electron chi connectivity index (χ4n) is 2.98. The summed E-state index contributed by atoms with van der Waals surface area (Å²) in [5.41, 5.74) is 0.670. The lowest BCUT2D eigenvalue weighted by atomic mass is 10.0. The van der Waals surface area contributed by atoms with Crippen molar-refractivity contribution < 1.29 is 13.9 Å². The average Bonchev–Trinajstić information content (AvgIpc) is 2.96. The van der Waals surface area contributed by atoms with E-state index in [4.69, 9.17) is 4.74 Å². The predicted molar refractivity (Wildman–Crippen MR) is 98.1 cm³/mol. The summed E-state index contributed by atoms with van der Waals surface area (Å²) in [4.78, 5) is 15.6. The van der Waals surface area contributed by atoms with E-state index in [1.165, 1.54) is 17.4 Å². The molecule has 0 aliphatic heterocycles. The molecule has 1 aromatic heterocycles. The van der Waals surface area contributed by atoms with Crippen molar-refractivity contribution in [3.8, 4) is 0 Å². The molecule has 2 aromatic rings. The molecule has 0 unspecified atom stereocenters. The molecule has 0 radical (unpaired) electrons. The second-order valence-electron chi connectivity index (χ2n) is 5.98. The van der Waals surface area contributed by atoms with Gasteiger partial charge in [-0.25, -0.2) is 4.39 Å². The zero-order valence-electron chi connectivity index (χ0n) is 14.9. The number of ether oxygens (including phenoxy) is 1. The molecule has 0 aliphatic rings. The van der Waals surface area contributed by atoms with Crippen LogP contribution in [0, 0.1) is 11.7 Å². The van der Waals surface area contributed by atoms with Gasteiger partial charge in [-0.1, -0.05) is 32.8 Å². The van der Waals surface area contributed by atoms with Crippen molar-refractivity contribution in [3.63, 3.8) is 0 Å². The van der Waals surface area contributed by atoms with Gasteiger partial charge in [0.15, 0.2) is 0 Å². The van der Waals surface area contributed by atoms with Crippen molar-refractivity contribution in [2.24, 2.45) is 5.92 Å². The Hall–Kier alpha value is -1.46. The van der Waals surface area contributed by atoms with Crippen LogP contribution >= 0.6 is 11.3 Å². The molecular weight excluding hydrogens is 325 g/mol. The molecule has 0 atom stereocenters. The SMILES string of the molecule is CCC(CC)CN(CC)C(=O)c1sc2cccc(F)c2c1COC. The normalized spacial score (nSPS) is 11.4. The Bertz CT molecular complexity index is 694. The first-order chi connectivity index (χ1) is 11.6. The minimum absolute atomic E-state index is 0.0166. The van der Waals surface area contributed by atoms with Crippen molar-refractivity contribution in [3.05, 3.63) is 34.5 Å². The molecule has 0 fully saturated rings. The van der Waals surface area contributed by atoms with E-state index in [0.29, 0.717) is 28.3 Å². The van der Waals surface area contributed by atoms with E-state index in [1.807, 2.05) is 17.9 Å². The highest BCUT2D eigenvalue weighted by Gasteiger charge is 2.25. The molecule has 0 saturated heterocycles. The highest BCUT2D eigenvalue weighted by Crippen LogP contribution is 2.34. The van der Waals surface area contributed by atoms with E-state index < -0.39 is 0 Å². The summed E-state index contributed by atoms with van der Waals surface area (Å²) in [6.45, 7) is 7.92. The Morgan fingerprint density at radius 2 is 2.00 bits per heavy atom. The monoisotopic (exact) mass is 351 g/mol. The Kier molecular flexibility index (Phi) is 6.75. The number of carbonyl (C=O) groups is 1. The van der Waals surface area contributed by atoms with Gasteiger partial charge in [-0.05, 0) is 25.0 Å². The van der Waals surface area contributed by atoms with Gasteiger partial charge in [0.2, 0.25) is 0 Å². The number of fused-ring (bicyclic) bond motifs is 1. The third-order valence-electron chi connectivity index (χ3n) is 4.55. The van der Waals surface area contributed by atoms with Gasteiger partial charge >= 0.3 is 0 Å². The summed E-state index contributed by atoms with van der Waals surface area (Å²) in [5.74, 6) is 0.181. The molecule has 24 heavy (non-hydrogen) atoms. The first-order valence-electron chi connectivity index (χ1n) is 8.55. The Morgan fingerprint density at radius 3 is 2.58 bits per heavy atom. The molecule has 5 heteroatoms. The van der Waals surface area contributed by atoms with E-state index in [-0.39, 0.29) is 18.3 Å². The number of benzene rings is 1. The Labute approximate surface area is 147 Å². The van der Waals surface area contributed by atoms with Crippen LogP contribution in [0.5, 0.6) is 0 Å². The largest absolute Gasteiger partial charge is 0.380 e. The van der Waals surface area contributed by atoms with Crippen LogP contribution in [-0.4, -0.2) is 31.0 Å². The van der Waals surface area contributed by atoms with Crippen LogP contribution in [0.4, 0.5) is 4.39 Å². The summed E-state index contributed by atoms with van der Waals surface area (Å²) in [5, 5.41) is 0.520. The topological polar surface area (TPSA) is 29.5 Å². The zero-order chi connectivity index (χ0) is 17.7. The number of rotatable bonds is 8. The molecule has 0 spiro atoms. The van der Waals surface area contributed by atoms with Crippen LogP contribution < -0.4 is 0 Å². The van der Waals surface area contributed by atoms with Crippen LogP contribution in [0.25, 0.3) is 10.1 Å². The summed E-state index contributed by atoms with van der Waals surface area (Å²) >= 11 is 1.36.